The van der Waals surface area contributed by atoms with Gasteiger partial charge in [-0.2, -0.15) is 5.10 Å². The van der Waals surface area contributed by atoms with E-state index >= 15 is 0 Å². The molecule has 0 spiro atoms. The number of amides is 1. The van der Waals surface area contributed by atoms with Gasteiger partial charge in [0.05, 0.1) is 0 Å². The normalized spacial score (nSPS) is 19.7. The highest BCUT2D eigenvalue weighted by Gasteiger charge is 2.25. The third-order valence-corrected chi connectivity index (χ3v) is 3.66. The maximum Gasteiger partial charge on any atom is 0.274 e. The molecule has 2 heterocycles. The van der Waals surface area contributed by atoms with Gasteiger partial charge in [-0.05, 0) is 58.7 Å². The number of hydrogen-bond acceptors (Lipinski definition) is 3. The molecule has 0 aliphatic carbocycles. The SMILES string of the molecule is Cc1cc(C(=O)N(CC2CCCNC2)C(C)C)n[nH]1. The fourth-order valence-electron chi connectivity index (χ4n) is 2.56. The van der Waals surface area contributed by atoms with Crippen LogP contribution in [0.4, 0.5) is 0 Å². The number of nitrogens with one attached hydrogen (secondary N) is 2. The second kappa shape index (κ2) is 6.19. The van der Waals surface area contributed by atoms with Gasteiger partial charge in [0.25, 0.3) is 5.91 Å². The standard InChI is InChI=1S/C14H24N4O/c1-10(2)18(9-12-5-4-6-15-8-12)14(19)13-7-11(3)16-17-13/h7,10,12,15H,4-6,8-9H2,1-3H3,(H,16,17). The van der Waals surface area contributed by atoms with Crippen LogP contribution in [0.25, 0.3) is 0 Å². The highest BCUT2D eigenvalue weighted by Crippen LogP contribution is 2.15. The smallest absolute Gasteiger partial charge is 0.274 e. The molecule has 1 aliphatic rings. The Hall–Kier alpha value is -1.36. The first kappa shape index (κ1) is 14.1. The van der Waals surface area contributed by atoms with Crippen molar-refractivity contribution < 1.29 is 4.79 Å². The minimum absolute atomic E-state index is 0.0323. The maximum absolute atomic E-state index is 12.5. The molecular formula is C14H24N4O. The Morgan fingerprint density at radius 2 is 2.37 bits per heavy atom. The lowest BCUT2D eigenvalue weighted by Crippen LogP contribution is -2.44. The van der Waals surface area contributed by atoms with E-state index < -0.39 is 0 Å². The van der Waals surface area contributed by atoms with Crippen LogP contribution in [0.1, 0.15) is 42.9 Å². The summed E-state index contributed by atoms with van der Waals surface area (Å²) >= 11 is 0. The van der Waals surface area contributed by atoms with Gasteiger partial charge in [0.15, 0.2) is 0 Å². The fraction of sp³-hybridized carbons (Fsp3) is 0.714. The maximum atomic E-state index is 12.5. The molecule has 1 fully saturated rings. The molecule has 19 heavy (non-hydrogen) atoms. The fourth-order valence-corrected chi connectivity index (χ4v) is 2.56. The first-order chi connectivity index (χ1) is 9.08. The van der Waals surface area contributed by atoms with Gasteiger partial charge in [-0.3, -0.25) is 9.89 Å². The number of rotatable bonds is 4. The average molecular weight is 264 g/mol. The van der Waals surface area contributed by atoms with Gasteiger partial charge >= 0.3 is 0 Å². The highest BCUT2D eigenvalue weighted by molar-refractivity contribution is 5.92. The van der Waals surface area contributed by atoms with Crippen LogP contribution in [0.15, 0.2) is 6.07 Å². The predicted molar refractivity (Wildman–Crippen MR) is 75.1 cm³/mol. The molecule has 0 saturated carbocycles. The second-order valence-corrected chi connectivity index (χ2v) is 5.70. The van der Waals surface area contributed by atoms with Crippen molar-refractivity contribution in [3.63, 3.8) is 0 Å². The minimum Gasteiger partial charge on any atom is -0.335 e. The van der Waals surface area contributed by atoms with E-state index in [2.05, 4.69) is 29.4 Å². The Morgan fingerprint density at radius 1 is 1.58 bits per heavy atom. The summed E-state index contributed by atoms with van der Waals surface area (Å²) in [7, 11) is 0. The zero-order valence-electron chi connectivity index (χ0n) is 12.1. The lowest BCUT2D eigenvalue weighted by molar-refractivity contribution is 0.0655. The van der Waals surface area contributed by atoms with E-state index in [1.54, 1.807) is 0 Å². The topological polar surface area (TPSA) is 61.0 Å². The van der Waals surface area contributed by atoms with Gasteiger partial charge in [0, 0.05) is 18.3 Å². The van der Waals surface area contributed by atoms with Gasteiger partial charge in [-0.15, -0.1) is 0 Å². The molecule has 5 heteroatoms. The predicted octanol–water partition coefficient (Wildman–Crippen LogP) is 1.57. The highest BCUT2D eigenvalue weighted by atomic mass is 16.2. The lowest BCUT2D eigenvalue weighted by Gasteiger charge is -2.32. The van der Waals surface area contributed by atoms with Crippen molar-refractivity contribution in [1.82, 2.24) is 20.4 Å². The third kappa shape index (κ3) is 3.56. The summed E-state index contributed by atoms with van der Waals surface area (Å²) in [6, 6.07) is 2.02. The number of H-pyrrole nitrogens is 1. The Labute approximate surface area is 114 Å². The zero-order chi connectivity index (χ0) is 13.8. The lowest BCUT2D eigenvalue weighted by atomic mass is 9.98. The number of carbonyl (C=O) groups excluding carboxylic acids is 1. The van der Waals surface area contributed by atoms with E-state index in [0.717, 1.165) is 25.3 Å². The first-order valence-electron chi connectivity index (χ1n) is 7.11. The van der Waals surface area contributed by atoms with Crippen molar-refractivity contribution in [2.24, 2.45) is 5.92 Å². The van der Waals surface area contributed by atoms with E-state index in [9.17, 15) is 4.79 Å². The molecule has 2 rings (SSSR count). The van der Waals surface area contributed by atoms with Crippen molar-refractivity contribution in [3.8, 4) is 0 Å². The molecule has 5 nitrogen and oxygen atoms in total. The summed E-state index contributed by atoms with van der Waals surface area (Å²) in [5.41, 5.74) is 1.45. The van der Waals surface area contributed by atoms with Crippen molar-refractivity contribution in [2.45, 2.75) is 39.7 Å². The van der Waals surface area contributed by atoms with Crippen LogP contribution in [0.5, 0.6) is 0 Å². The third-order valence-electron chi connectivity index (χ3n) is 3.66. The van der Waals surface area contributed by atoms with Gasteiger partial charge in [0.2, 0.25) is 0 Å². The van der Waals surface area contributed by atoms with Crippen LogP contribution >= 0.6 is 0 Å². The largest absolute Gasteiger partial charge is 0.335 e. The van der Waals surface area contributed by atoms with Crippen LogP contribution in [0, 0.1) is 12.8 Å². The van der Waals surface area contributed by atoms with Crippen molar-refractivity contribution in [2.75, 3.05) is 19.6 Å². The number of aryl methyl sites for hydroxylation is 1. The molecule has 2 N–H and O–H groups in total. The molecule has 1 aromatic rings. The first-order valence-corrected chi connectivity index (χ1v) is 7.11. The molecule has 0 bridgehead atoms. The van der Waals surface area contributed by atoms with E-state index in [4.69, 9.17) is 0 Å². The number of aromatic nitrogens is 2. The van der Waals surface area contributed by atoms with Gasteiger partial charge in [0.1, 0.15) is 5.69 Å². The Bertz CT molecular complexity index is 421. The Balaban J connectivity index is 2.04. The summed E-state index contributed by atoms with van der Waals surface area (Å²) < 4.78 is 0. The van der Waals surface area contributed by atoms with E-state index in [-0.39, 0.29) is 11.9 Å². The van der Waals surface area contributed by atoms with Gasteiger partial charge in [-0.25, -0.2) is 0 Å². The number of nitrogens with zero attached hydrogens (tertiary/aromatic N) is 2. The van der Waals surface area contributed by atoms with Crippen LogP contribution < -0.4 is 5.32 Å². The van der Waals surface area contributed by atoms with Crippen molar-refractivity contribution in [3.05, 3.63) is 17.5 Å². The number of piperidine rings is 1. The minimum atomic E-state index is 0.0323. The summed E-state index contributed by atoms with van der Waals surface area (Å²) in [6.07, 6.45) is 2.40. The van der Waals surface area contributed by atoms with Gasteiger partial charge in [-0.1, -0.05) is 0 Å². The summed E-state index contributed by atoms with van der Waals surface area (Å²) in [4.78, 5) is 14.4. The molecule has 1 saturated heterocycles. The summed E-state index contributed by atoms with van der Waals surface area (Å²) in [6.45, 7) is 8.96. The average Bonchev–Trinajstić information content (AvgIpc) is 2.83. The molecular weight excluding hydrogens is 240 g/mol. The molecule has 1 atom stereocenters. The monoisotopic (exact) mass is 264 g/mol. The summed E-state index contributed by atoms with van der Waals surface area (Å²) in [5, 5.41) is 10.3. The number of hydrogen-bond donors (Lipinski definition) is 2. The van der Waals surface area contributed by atoms with Crippen molar-refractivity contribution in [1.29, 1.82) is 0 Å². The van der Waals surface area contributed by atoms with E-state index in [1.807, 2.05) is 17.9 Å². The Kier molecular flexibility index (Phi) is 4.58. The van der Waals surface area contributed by atoms with Crippen LogP contribution in [-0.4, -0.2) is 46.7 Å². The molecule has 1 amide bonds. The molecule has 1 aliphatic heterocycles. The Morgan fingerprint density at radius 3 is 2.89 bits per heavy atom. The zero-order valence-corrected chi connectivity index (χ0v) is 12.1. The quantitative estimate of drug-likeness (QED) is 0.867. The second-order valence-electron chi connectivity index (χ2n) is 5.70. The van der Waals surface area contributed by atoms with Crippen LogP contribution in [-0.2, 0) is 0 Å². The van der Waals surface area contributed by atoms with Crippen LogP contribution in [0.3, 0.4) is 0 Å². The van der Waals surface area contributed by atoms with Crippen LogP contribution in [0.2, 0.25) is 0 Å². The molecule has 0 radical (unpaired) electrons. The number of aromatic amines is 1. The molecule has 0 aromatic carbocycles. The molecule has 1 unspecified atom stereocenters. The number of carbonyl (C=O) groups is 1. The molecule has 106 valence electrons. The van der Waals surface area contributed by atoms with Crippen molar-refractivity contribution >= 4 is 5.91 Å². The summed E-state index contributed by atoms with van der Waals surface area (Å²) in [5.74, 6) is 0.588. The van der Waals surface area contributed by atoms with E-state index in [0.29, 0.717) is 11.6 Å². The molecule has 1 aromatic heterocycles. The van der Waals surface area contributed by atoms with E-state index in [1.165, 1.54) is 12.8 Å². The van der Waals surface area contributed by atoms with Gasteiger partial charge < -0.3 is 10.2 Å².